The van der Waals surface area contributed by atoms with Crippen molar-refractivity contribution in [2.24, 2.45) is 0 Å². The molecule has 1 fully saturated rings. The number of ether oxygens (including phenoxy) is 1. The number of likely N-dealkylation sites (N-methyl/N-ethyl adjacent to an activating group) is 1. The van der Waals surface area contributed by atoms with Gasteiger partial charge in [0, 0.05) is 44.3 Å². The number of hydrogen-bond acceptors (Lipinski definition) is 4. The number of hydrogen-bond donors (Lipinski definition) is 0. The first-order valence-electron chi connectivity index (χ1n) is 9.57. The second kappa shape index (κ2) is 9.95. The average molecular weight is 396 g/mol. The van der Waals surface area contributed by atoms with Crippen LogP contribution in [0.25, 0.3) is 0 Å². The summed E-state index contributed by atoms with van der Waals surface area (Å²) in [7, 11) is 0. The van der Waals surface area contributed by atoms with E-state index in [-0.39, 0.29) is 11.8 Å². The quantitative estimate of drug-likeness (QED) is 0.711. The van der Waals surface area contributed by atoms with Gasteiger partial charge in [0.05, 0.1) is 6.54 Å². The lowest BCUT2D eigenvalue weighted by Gasteiger charge is -2.36. The van der Waals surface area contributed by atoms with Crippen molar-refractivity contribution in [3.8, 4) is 5.75 Å². The molecule has 1 heterocycles. The number of amides is 2. The molecule has 0 spiro atoms. The molecular weight excluding hydrogens is 366 g/mol. The van der Waals surface area contributed by atoms with E-state index in [1.54, 1.807) is 19.1 Å². The minimum absolute atomic E-state index is 0.0303. The monoisotopic (exact) mass is 395 g/mol. The zero-order valence-corrected chi connectivity index (χ0v) is 17.5. The number of aryl methyl sites for hydroxylation is 1. The highest BCUT2D eigenvalue weighted by Gasteiger charge is 2.27. The van der Waals surface area contributed by atoms with Crippen molar-refractivity contribution in [1.29, 1.82) is 0 Å². The van der Waals surface area contributed by atoms with Gasteiger partial charge in [0.25, 0.3) is 5.91 Å². The van der Waals surface area contributed by atoms with Crippen LogP contribution in [0.2, 0.25) is 5.02 Å². The van der Waals surface area contributed by atoms with E-state index in [9.17, 15) is 9.59 Å². The fourth-order valence-corrected chi connectivity index (χ4v) is 3.31. The van der Waals surface area contributed by atoms with Crippen molar-refractivity contribution in [1.82, 2.24) is 14.7 Å². The van der Waals surface area contributed by atoms with Gasteiger partial charge in [0.15, 0.2) is 6.10 Å². The maximum absolute atomic E-state index is 12.7. The number of nitrogens with zero attached hydrogens (tertiary/aromatic N) is 3. The van der Waals surface area contributed by atoms with Crippen molar-refractivity contribution in [3.63, 3.8) is 0 Å². The van der Waals surface area contributed by atoms with Gasteiger partial charge in [-0.15, -0.1) is 0 Å². The van der Waals surface area contributed by atoms with Crippen LogP contribution in [-0.2, 0) is 9.59 Å². The molecule has 1 aromatic rings. The Morgan fingerprint density at radius 3 is 2.37 bits per heavy atom. The molecule has 6 nitrogen and oxygen atoms in total. The van der Waals surface area contributed by atoms with E-state index in [1.165, 1.54) is 0 Å². The van der Waals surface area contributed by atoms with Gasteiger partial charge in [0.2, 0.25) is 5.91 Å². The molecule has 0 saturated carbocycles. The summed E-state index contributed by atoms with van der Waals surface area (Å²) in [6.07, 6.45) is -0.561. The first-order chi connectivity index (χ1) is 12.8. The zero-order chi connectivity index (χ0) is 20.0. The molecule has 1 aromatic carbocycles. The van der Waals surface area contributed by atoms with Crippen LogP contribution in [0.1, 0.15) is 26.3 Å². The lowest BCUT2D eigenvalue weighted by Crippen LogP contribution is -2.53. The molecule has 1 saturated heterocycles. The maximum Gasteiger partial charge on any atom is 0.263 e. The van der Waals surface area contributed by atoms with E-state index < -0.39 is 6.10 Å². The highest BCUT2D eigenvalue weighted by atomic mass is 35.5. The Morgan fingerprint density at radius 2 is 1.81 bits per heavy atom. The van der Waals surface area contributed by atoms with E-state index in [2.05, 4.69) is 4.90 Å². The SMILES string of the molecule is CCN(CC)C(=O)CN1CCN(C(=O)C(C)Oc2ccc(Cl)c(C)c2)CC1. The van der Waals surface area contributed by atoms with Gasteiger partial charge in [0.1, 0.15) is 5.75 Å². The molecular formula is C20H30ClN3O3. The Kier molecular flexibility index (Phi) is 7.92. The average Bonchev–Trinajstić information content (AvgIpc) is 2.65. The minimum atomic E-state index is -0.561. The Morgan fingerprint density at radius 1 is 1.19 bits per heavy atom. The van der Waals surface area contributed by atoms with Crippen LogP contribution in [0.4, 0.5) is 0 Å². The van der Waals surface area contributed by atoms with E-state index in [0.717, 1.165) is 18.7 Å². The summed E-state index contributed by atoms with van der Waals surface area (Å²) in [6.45, 7) is 12.1. The number of rotatable bonds is 7. The van der Waals surface area contributed by atoms with Crippen LogP contribution in [0.5, 0.6) is 5.75 Å². The Hall–Kier alpha value is -1.79. The molecule has 1 unspecified atom stereocenters. The van der Waals surface area contributed by atoms with Gasteiger partial charge in [-0.2, -0.15) is 0 Å². The number of carbonyl (C=O) groups excluding carboxylic acids is 2. The van der Waals surface area contributed by atoms with Gasteiger partial charge >= 0.3 is 0 Å². The lowest BCUT2D eigenvalue weighted by molar-refractivity contribution is -0.140. The Bertz CT molecular complexity index is 656. The molecule has 0 N–H and O–H groups in total. The summed E-state index contributed by atoms with van der Waals surface area (Å²) in [5.74, 6) is 0.758. The van der Waals surface area contributed by atoms with E-state index in [0.29, 0.717) is 43.5 Å². The number of benzene rings is 1. The fourth-order valence-electron chi connectivity index (χ4n) is 3.20. The van der Waals surface area contributed by atoms with Crippen LogP contribution in [0.15, 0.2) is 18.2 Å². The van der Waals surface area contributed by atoms with Crippen LogP contribution < -0.4 is 4.74 Å². The van der Waals surface area contributed by atoms with Gasteiger partial charge in [-0.1, -0.05) is 11.6 Å². The minimum Gasteiger partial charge on any atom is -0.481 e. The van der Waals surface area contributed by atoms with Gasteiger partial charge in [-0.05, 0) is 51.5 Å². The lowest BCUT2D eigenvalue weighted by atomic mass is 10.2. The highest BCUT2D eigenvalue weighted by Crippen LogP contribution is 2.22. The number of carbonyl (C=O) groups is 2. The molecule has 0 radical (unpaired) electrons. The third-order valence-corrected chi connectivity index (χ3v) is 5.37. The fraction of sp³-hybridized carbons (Fsp3) is 0.600. The molecule has 0 bridgehead atoms. The van der Waals surface area contributed by atoms with Crippen molar-refractivity contribution < 1.29 is 14.3 Å². The second-order valence-corrected chi connectivity index (χ2v) is 7.25. The van der Waals surface area contributed by atoms with Crippen molar-refractivity contribution >= 4 is 23.4 Å². The smallest absolute Gasteiger partial charge is 0.263 e. The van der Waals surface area contributed by atoms with Crippen LogP contribution in [0.3, 0.4) is 0 Å². The normalized spacial score (nSPS) is 16.1. The molecule has 1 aliphatic rings. The zero-order valence-electron chi connectivity index (χ0n) is 16.7. The predicted octanol–water partition coefficient (Wildman–Crippen LogP) is 2.43. The standard InChI is InChI=1S/C20H30ClN3O3/c1-5-23(6-2)19(25)14-22-9-11-24(12-10-22)20(26)16(4)27-17-7-8-18(21)15(3)13-17/h7-8,13,16H,5-6,9-12,14H2,1-4H3. The van der Waals surface area contributed by atoms with Crippen molar-refractivity contribution in [2.45, 2.75) is 33.8 Å². The van der Waals surface area contributed by atoms with Gasteiger partial charge < -0.3 is 14.5 Å². The summed E-state index contributed by atoms with van der Waals surface area (Å²) in [5, 5.41) is 0.678. The first kappa shape index (κ1) is 21.5. The summed E-state index contributed by atoms with van der Waals surface area (Å²) < 4.78 is 5.79. The van der Waals surface area contributed by atoms with Gasteiger partial charge in [-0.3, -0.25) is 14.5 Å². The number of piperazine rings is 1. The topological polar surface area (TPSA) is 53.1 Å². The van der Waals surface area contributed by atoms with E-state index in [1.807, 2.05) is 36.6 Å². The molecule has 1 atom stereocenters. The third kappa shape index (κ3) is 5.84. The van der Waals surface area contributed by atoms with Gasteiger partial charge in [-0.25, -0.2) is 0 Å². The van der Waals surface area contributed by atoms with Crippen LogP contribution in [0, 0.1) is 6.92 Å². The van der Waals surface area contributed by atoms with Crippen molar-refractivity contribution in [2.75, 3.05) is 45.8 Å². The molecule has 2 rings (SSSR count). The molecule has 1 aliphatic heterocycles. The van der Waals surface area contributed by atoms with E-state index >= 15 is 0 Å². The summed E-state index contributed by atoms with van der Waals surface area (Å²) in [6, 6.07) is 5.38. The second-order valence-electron chi connectivity index (χ2n) is 6.84. The molecule has 150 valence electrons. The first-order valence-corrected chi connectivity index (χ1v) is 9.95. The Labute approximate surface area is 167 Å². The number of halogens is 1. The molecule has 2 amide bonds. The summed E-state index contributed by atoms with van der Waals surface area (Å²) >= 11 is 6.03. The highest BCUT2D eigenvalue weighted by molar-refractivity contribution is 6.31. The van der Waals surface area contributed by atoms with E-state index in [4.69, 9.17) is 16.3 Å². The van der Waals surface area contributed by atoms with Crippen molar-refractivity contribution in [3.05, 3.63) is 28.8 Å². The summed E-state index contributed by atoms with van der Waals surface area (Å²) in [4.78, 5) is 30.6. The van der Waals surface area contributed by atoms with Crippen LogP contribution >= 0.6 is 11.6 Å². The molecule has 0 aromatic heterocycles. The third-order valence-electron chi connectivity index (χ3n) is 4.95. The molecule has 0 aliphatic carbocycles. The maximum atomic E-state index is 12.7. The summed E-state index contributed by atoms with van der Waals surface area (Å²) in [5.41, 5.74) is 0.917. The van der Waals surface area contributed by atoms with Crippen LogP contribution in [-0.4, -0.2) is 78.4 Å². The molecule has 7 heteroatoms. The predicted molar refractivity (Wildman–Crippen MR) is 107 cm³/mol. The Balaban J connectivity index is 1.83. The largest absolute Gasteiger partial charge is 0.481 e. The molecule has 27 heavy (non-hydrogen) atoms.